The van der Waals surface area contributed by atoms with Crippen LogP contribution in [0.15, 0.2) is 11.6 Å². The molecule has 0 aliphatic heterocycles. The highest BCUT2D eigenvalue weighted by Gasteiger charge is 2.68. The third-order valence-corrected chi connectivity index (χ3v) is 9.00. The molecule has 7 atom stereocenters. The van der Waals surface area contributed by atoms with E-state index in [2.05, 4.69) is 0 Å². The van der Waals surface area contributed by atoms with Gasteiger partial charge in [0, 0.05) is 43.4 Å². The fourth-order valence-corrected chi connectivity index (χ4v) is 7.48. The number of fused-ring (bicyclic) bond motifs is 5. The average Bonchev–Trinajstić information content (AvgIpc) is 2.98. The minimum absolute atomic E-state index is 0.0379. The molecule has 0 radical (unpaired) electrons. The molecule has 8 heteroatoms. The molecule has 0 bridgehead atoms. The van der Waals surface area contributed by atoms with Gasteiger partial charge in [-0.15, -0.1) is 0 Å². The fraction of sp³-hybridized carbons (Fsp3) is 0.720. The van der Waals surface area contributed by atoms with Crippen LogP contribution in [0.4, 0.5) is 0 Å². The van der Waals surface area contributed by atoms with Crippen molar-refractivity contribution >= 4 is 29.3 Å². The second-order valence-electron chi connectivity index (χ2n) is 10.7. The molecular weight excluding hydrogens is 428 g/mol. The Hall–Kier alpha value is -2.35. The van der Waals surface area contributed by atoms with Crippen LogP contribution in [0, 0.1) is 28.6 Å². The van der Waals surface area contributed by atoms with Crippen LogP contribution in [-0.2, 0) is 33.4 Å². The first-order valence-corrected chi connectivity index (χ1v) is 11.7. The van der Waals surface area contributed by atoms with Crippen LogP contribution >= 0.6 is 0 Å². The first kappa shape index (κ1) is 23.8. The SMILES string of the molecule is CC(=O)OCC(=O)[C@@]1(O)CC[C@H]2[C@@H]3CCC4=CC(=O)[C@@H](OC(C)=O)C[C@]4(C)[C@H]3C(=O)C[C@@]21C. The van der Waals surface area contributed by atoms with Crippen LogP contribution < -0.4 is 0 Å². The predicted molar refractivity (Wildman–Crippen MR) is 115 cm³/mol. The first-order valence-electron chi connectivity index (χ1n) is 11.7. The molecule has 4 aliphatic carbocycles. The minimum atomic E-state index is -1.73. The van der Waals surface area contributed by atoms with Gasteiger partial charge in [-0.3, -0.25) is 24.0 Å². The van der Waals surface area contributed by atoms with E-state index < -0.39 is 46.9 Å². The zero-order chi connectivity index (χ0) is 24.3. The van der Waals surface area contributed by atoms with Crippen molar-refractivity contribution in [3.63, 3.8) is 0 Å². The van der Waals surface area contributed by atoms with Crippen LogP contribution in [0.3, 0.4) is 0 Å². The normalized spacial score (nSPS) is 41.9. The van der Waals surface area contributed by atoms with Crippen molar-refractivity contribution in [2.75, 3.05) is 6.61 Å². The van der Waals surface area contributed by atoms with E-state index in [9.17, 15) is 29.1 Å². The van der Waals surface area contributed by atoms with Gasteiger partial charge in [0.1, 0.15) is 11.4 Å². The molecule has 0 spiro atoms. The zero-order valence-electron chi connectivity index (χ0n) is 19.6. The molecule has 0 aromatic heterocycles. The lowest BCUT2D eigenvalue weighted by molar-refractivity contribution is -0.175. The largest absolute Gasteiger partial charge is 0.458 e. The van der Waals surface area contributed by atoms with E-state index in [1.165, 1.54) is 13.8 Å². The van der Waals surface area contributed by atoms with Gasteiger partial charge in [0.2, 0.25) is 5.78 Å². The number of ether oxygens (including phenoxy) is 2. The van der Waals surface area contributed by atoms with Gasteiger partial charge in [-0.2, -0.15) is 0 Å². The summed E-state index contributed by atoms with van der Waals surface area (Å²) in [7, 11) is 0. The maximum absolute atomic E-state index is 13.7. The van der Waals surface area contributed by atoms with Crippen molar-refractivity contribution in [2.24, 2.45) is 28.6 Å². The molecule has 0 heterocycles. The van der Waals surface area contributed by atoms with Crippen molar-refractivity contribution in [1.82, 2.24) is 0 Å². The third kappa shape index (κ3) is 3.49. The highest BCUT2D eigenvalue weighted by atomic mass is 16.5. The number of ketones is 3. The Morgan fingerprint density at radius 2 is 1.82 bits per heavy atom. The lowest BCUT2D eigenvalue weighted by Crippen LogP contribution is -2.61. The van der Waals surface area contributed by atoms with Gasteiger partial charge < -0.3 is 14.6 Å². The summed E-state index contributed by atoms with van der Waals surface area (Å²) < 4.78 is 10.1. The molecule has 1 N–H and O–H groups in total. The summed E-state index contributed by atoms with van der Waals surface area (Å²) in [6.45, 7) is 5.75. The van der Waals surface area contributed by atoms with E-state index in [4.69, 9.17) is 9.47 Å². The number of Topliss-reactive ketones (excluding diaryl/α,β-unsaturated/α-hetero) is 2. The highest BCUT2D eigenvalue weighted by Crippen LogP contribution is 2.66. The van der Waals surface area contributed by atoms with E-state index in [1.807, 2.05) is 13.8 Å². The number of hydrogen-bond acceptors (Lipinski definition) is 8. The van der Waals surface area contributed by atoms with Gasteiger partial charge in [0.15, 0.2) is 18.5 Å². The first-order chi connectivity index (χ1) is 15.3. The van der Waals surface area contributed by atoms with E-state index in [0.29, 0.717) is 19.3 Å². The van der Waals surface area contributed by atoms with Gasteiger partial charge in [0.25, 0.3) is 0 Å². The Morgan fingerprint density at radius 3 is 2.45 bits per heavy atom. The van der Waals surface area contributed by atoms with Crippen LogP contribution in [0.5, 0.6) is 0 Å². The zero-order valence-corrected chi connectivity index (χ0v) is 19.6. The van der Waals surface area contributed by atoms with E-state index in [0.717, 1.165) is 5.57 Å². The van der Waals surface area contributed by atoms with Crippen LogP contribution in [0.1, 0.15) is 66.2 Å². The Morgan fingerprint density at radius 1 is 1.12 bits per heavy atom. The number of carbonyl (C=O) groups is 5. The molecule has 0 unspecified atom stereocenters. The highest BCUT2D eigenvalue weighted by molar-refractivity contribution is 5.98. The lowest BCUT2D eigenvalue weighted by Gasteiger charge is -2.58. The molecule has 33 heavy (non-hydrogen) atoms. The number of allylic oxidation sites excluding steroid dienone is 1. The molecule has 3 saturated carbocycles. The topological polar surface area (TPSA) is 124 Å². The smallest absolute Gasteiger partial charge is 0.303 e. The standard InChI is InChI=1S/C25H32O8/c1-13(26)32-12-21(30)25(31)8-7-17-16-6-5-15-9-18(28)20(33-14(2)27)11-23(15,3)22(16)19(29)10-24(17,25)4/h9,16-17,20,22,31H,5-8,10-12H2,1-4H3/t16-,17-,20-,22+,23-,24-,25-/m0/s1. The summed E-state index contributed by atoms with van der Waals surface area (Å²) >= 11 is 0. The summed E-state index contributed by atoms with van der Waals surface area (Å²) in [6.07, 6.45) is 3.12. The summed E-state index contributed by atoms with van der Waals surface area (Å²) in [5, 5.41) is 11.5. The maximum Gasteiger partial charge on any atom is 0.303 e. The quantitative estimate of drug-likeness (QED) is 0.633. The predicted octanol–water partition coefficient (Wildman–Crippen LogP) is 2.10. The summed E-state index contributed by atoms with van der Waals surface area (Å²) in [5.41, 5.74) is -2.36. The van der Waals surface area contributed by atoms with Crippen molar-refractivity contribution in [3.05, 3.63) is 11.6 Å². The number of aliphatic hydroxyl groups is 1. The van der Waals surface area contributed by atoms with Gasteiger partial charge in [-0.25, -0.2) is 0 Å². The molecule has 4 aliphatic rings. The molecular formula is C25H32O8. The monoisotopic (exact) mass is 460 g/mol. The molecule has 0 aromatic rings. The van der Waals surface area contributed by atoms with Gasteiger partial charge >= 0.3 is 11.9 Å². The molecule has 0 saturated heterocycles. The molecule has 3 fully saturated rings. The van der Waals surface area contributed by atoms with Gasteiger partial charge in [0.05, 0.1) is 0 Å². The second kappa shape index (κ2) is 7.86. The van der Waals surface area contributed by atoms with E-state index >= 15 is 0 Å². The summed E-state index contributed by atoms with van der Waals surface area (Å²) in [5.74, 6) is -2.45. The number of carbonyl (C=O) groups excluding carboxylic acids is 5. The number of esters is 2. The average molecular weight is 461 g/mol. The Balaban J connectivity index is 1.66. The molecule has 8 nitrogen and oxygen atoms in total. The third-order valence-electron chi connectivity index (χ3n) is 9.00. The summed E-state index contributed by atoms with van der Waals surface area (Å²) in [4.78, 5) is 61.9. The number of rotatable bonds is 4. The van der Waals surface area contributed by atoms with Crippen molar-refractivity contribution in [1.29, 1.82) is 0 Å². The second-order valence-corrected chi connectivity index (χ2v) is 10.7. The fourth-order valence-electron chi connectivity index (χ4n) is 7.48. The van der Waals surface area contributed by atoms with E-state index in [1.54, 1.807) is 6.08 Å². The maximum atomic E-state index is 13.7. The summed E-state index contributed by atoms with van der Waals surface area (Å²) in [6, 6.07) is 0. The Labute approximate surface area is 193 Å². The molecule has 4 rings (SSSR count). The van der Waals surface area contributed by atoms with Crippen LogP contribution in [0.25, 0.3) is 0 Å². The van der Waals surface area contributed by atoms with Gasteiger partial charge in [-0.05, 0) is 43.6 Å². The Kier molecular flexibility index (Phi) is 5.67. The molecule has 0 amide bonds. The molecule has 0 aromatic carbocycles. The molecule has 180 valence electrons. The van der Waals surface area contributed by atoms with Crippen molar-refractivity contribution in [2.45, 2.75) is 77.9 Å². The Bertz CT molecular complexity index is 965. The van der Waals surface area contributed by atoms with Crippen molar-refractivity contribution in [3.8, 4) is 0 Å². The minimum Gasteiger partial charge on any atom is -0.458 e. The van der Waals surface area contributed by atoms with E-state index in [-0.39, 0.29) is 48.6 Å². The van der Waals surface area contributed by atoms with Crippen LogP contribution in [-0.4, -0.2) is 52.7 Å². The lowest BCUT2D eigenvalue weighted by atomic mass is 9.45. The van der Waals surface area contributed by atoms with Crippen molar-refractivity contribution < 1.29 is 38.6 Å². The van der Waals surface area contributed by atoms with Crippen LogP contribution in [0.2, 0.25) is 0 Å². The number of hydrogen-bond donors (Lipinski definition) is 1. The van der Waals surface area contributed by atoms with Gasteiger partial charge in [-0.1, -0.05) is 19.4 Å².